The lowest BCUT2D eigenvalue weighted by Gasteiger charge is -2.43. The van der Waals surface area contributed by atoms with Gasteiger partial charge in [0.1, 0.15) is 22.3 Å². The number of para-hydroxylation sites is 2. The topological polar surface area (TPSA) is 67.3 Å². The van der Waals surface area contributed by atoms with Crippen molar-refractivity contribution < 1.29 is 8.83 Å². The highest BCUT2D eigenvalue weighted by Crippen LogP contribution is 2.41. The zero-order valence-corrected chi connectivity index (χ0v) is 31.5. The molecular formula is C51H42N4O2. The maximum atomic E-state index is 6.71. The first kappa shape index (κ1) is 33.0. The second kappa shape index (κ2) is 13.2. The monoisotopic (exact) mass is 742 g/mol. The number of benzene rings is 5. The van der Waals surface area contributed by atoms with Crippen LogP contribution in [0.1, 0.15) is 48.4 Å². The number of fused-ring (bicyclic) bond motifs is 9. The van der Waals surface area contributed by atoms with Crippen molar-refractivity contribution in [2.45, 2.75) is 50.2 Å². The molecule has 0 amide bonds. The van der Waals surface area contributed by atoms with Crippen LogP contribution in [0, 0.1) is 5.92 Å². The molecule has 3 aromatic heterocycles. The minimum Gasteiger partial charge on any atom is -0.456 e. The van der Waals surface area contributed by atoms with Crippen LogP contribution in [-0.4, -0.2) is 16.9 Å². The highest BCUT2D eigenvalue weighted by atomic mass is 16.3. The van der Waals surface area contributed by atoms with E-state index in [1.54, 1.807) is 0 Å². The van der Waals surface area contributed by atoms with Gasteiger partial charge < -0.3 is 13.4 Å². The van der Waals surface area contributed by atoms with E-state index < -0.39 is 0 Å². The minimum atomic E-state index is 0.0302. The van der Waals surface area contributed by atoms with E-state index in [-0.39, 0.29) is 30.5 Å². The zero-order valence-electron chi connectivity index (χ0n) is 31.5. The fourth-order valence-electron chi connectivity index (χ4n) is 9.98. The van der Waals surface area contributed by atoms with Crippen LogP contribution in [0.3, 0.4) is 0 Å². The molecule has 5 atom stereocenters. The Bertz CT molecular complexity index is 3050. The van der Waals surface area contributed by atoms with E-state index in [0.29, 0.717) is 0 Å². The van der Waals surface area contributed by atoms with Gasteiger partial charge in [-0.2, -0.15) is 0 Å². The SMILES string of the molecule is C1=CCCC(C2NC(c3ccccc3)NC(C3C=c4oc5cccc(-c6ccc7oc8c(c7c6)CC(n6c7ccccc7c7ccccc76)C=C8)c5c4=CC3)N2)=C1. The third-order valence-electron chi connectivity index (χ3n) is 12.7. The molecule has 6 heteroatoms. The smallest absolute Gasteiger partial charge is 0.136 e. The molecule has 6 nitrogen and oxygen atoms in total. The lowest BCUT2D eigenvalue weighted by atomic mass is 9.91. The van der Waals surface area contributed by atoms with Gasteiger partial charge in [-0.1, -0.05) is 115 Å². The van der Waals surface area contributed by atoms with Crippen LogP contribution < -0.4 is 26.6 Å². The first-order valence-corrected chi connectivity index (χ1v) is 20.4. The molecule has 4 aliphatic rings. The maximum Gasteiger partial charge on any atom is 0.136 e. The lowest BCUT2D eigenvalue weighted by Crippen LogP contribution is -2.66. The van der Waals surface area contributed by atoms with Gasteiger partial charge in [-0.15, -0.1) is 0 Å². The van der Waals surface area contributed by atoms with E-state index in [2.05, 4.69) is 178 Å². The van der Waals surface area contributed by atoms with Crippen LogP contribution in [0.2, 0.25) is 0 Å². The summed E-state index contributed by atoms with van der Waals surface area (Å²) in [6.07, 6.45) is 20.0. The molecular weight excluding hydrogens is 701 g/mol. The van der Waals surface area contributed by atoms with Gasteiger partial charge in [0, 0.05) is 55.7 Å². The number of allylic oxidation sites excluding steroid dienone is 4. The summed E-state index contributed by atoms with van der Waals surface area (Å²) in [5.41, 5.74) is 11.6. The molecule has 0 bridgehead atoms. The summed E-state index contributed by atoms with van der Waals surface area (Å²) in [5, 5.41) is 17.8. The molecule has 0 saturated carbocycles. The van der Waals surface area contributed by atoms with Gasteiger partial charge in [-0.05, 0) is 84.0 Å². The van der Waals surface area contributed by atoms with E-state index in [0.717, 1.165) is 48.0 Å². The highest BCUT2D eigenvalue weighted by molar-refractivity contribution is 6.08. The predicted molar refractivity (Wildman–Crippen MR) is 232 cm³/mol. The number of hydrogen-bond acceptors (Lipinski definition) is 5. The molecule has 5 aromatic carbocycles. The average molecular weight is 743 g/mol. The highest BCUT2D eigenvalue weighted by Gasteiger charge is 2.34. The minimum absolute atomic E-state index is 0.0302. The zero-order chi connectivity index (χ0) is 37.5. The summed E-state index contributed by atoms with van der Waals surface area (Å²) in [5.74, 6) is 1.17. The predicted octanol–water partition coefficient (Wildman–Crippen LogP) is 9.76. The van der Waals surface area contributed by atoms with Gasteiger partial charge in [-0.3, -0.25) is 16.0 Å². The van der Waals surface area contributed by atoms with Crippen molar-refractivity contribution in [3.05, 3.63) is 173 Å². The van der Waals surface area contributed by atoms with Crippen molar-refractivity contribution in [1.29, 1.82) is 0 Å². The van der Waals surface area contributed by atoms with E-state index in [1.807, 2.05) is 0 Å². The Balaban J connectivity index is 0.900. The van der Waals surface area contributed by atoms with Gasteiger partial charge in [-0.25, -0.2) is 0 Å². The number of furan rings is 2. The molecule has 1 saturated heterocycles. The van der Waals surface area contributed by atoms with Crippen molar-refractivity contribution in [1.82, 2.24) is 20.5 Å². The molecule has 0 spiro atoms. The van der Waals surface area contributed by atoms with Gasteiger partial charge in [0.15, 0.2) is 0 Å². The summed E-state index contributed by atoms with van der Waals surface area (Å²) < 4.78 is 15.7. The number of nitrogens with one attached hydrogen (secondary N) is 3. The van der Waals surface area contributed by atoms with Crippen molar-refractivity contribution >= 4 is 62.0 Å². The molecule has 4 heterocycles. The van der Waals surface area contributed by atoms with E-state index in [9.17, 15) is 0 Å². The van der Waals surface area contributed by atoms with Crippen LogP contribution in [0.4, 0.5) is 0 Å². The number of nitrogens with zero attached hydrogens (tertiary/aromatic N) is 1. The fourth-order valence-corrected chi connectivity index (χ4v) is 9.98. The van der Waals surface area contributed by atoms with Crippen molar-refractivity contribution in [3.63, 3.8) is 0 Å². The second-order valence-corrected chi connectivity index (χ2v) is 16.0. The Morgan fingerprint density at radius 1 is 0.702 bits per heavy atom. The van der Waals surface area contributed by atoms with Crippen molar-refractivity contribution in [2.75, 3.05) is 0 Å². The molecule has 8 aromatic rings. The van der Waals surface area contributed by atoms with E-state index in [1.165, 1.54) is 65.6 Å². The van der Waals surface area contributed by atoms with Crippen LogP contribution in [0.5, 0.6) is 0 Å². The Labute approximate surface area is 330 Å². The van der Waals surface area contributed by atoms with Crippen LogP contribution in [0.15, 0.2) is 154 Å². The molecule has 57 heavy (non-hydrogen) atoms. The van der Waals surface area contributed by atoms with Gasteiger partial charge in [0.2, 0.25) is 0 Å². The Morgan fingerprint density at radius 2 is 1.51 bits per heavy atom. The summed E-state index contributed by atoms with van der Waals surface area (Å²) >= 11 is 0. The van der Waals surface area contributed by atoms with Gasteiger partial charge >= 0.3 is 0 Å². The first-order valence-electron chi connectivity index (χ1n) is 20.4. The normalized spacial score (nSPS) is 23.0. The van der Waals surface area contributed by atoms with Gasteiger partial charge in [0.05, 0.1) is 24.5 Å². The summed E-state index contributed by atoms with van der Waals surface area (Å²) in [4.78, 5) is 0. The van der Waals surface area contributed by atoms with Crippen molar-refractivity contribution in [3.8, 4) is 11.1 Å². The number of hydrogen-bond donors (Lipinski definition) is 3. The summed E-state index contributed by atoms with van der Waals surface area (Å²) in [7, 11) is 0. The third-order valence-corrected chi connectivity index (χ3v) is 12.7. The molecule has 278 valence electrons. The standard InChI is InChI=1S/C51H42N4O2/c1-3-12-31(13-4-1)49-52-50(32-14-5-2-6-15-32)54-51(53-49)34-22-25-39-47(29-34)57-46-21-11-18-36(48(39)46)33-23-26-44-40(28-33)41-30-35(24-27-45(41)56-44)55-42-19-9-7-16-37(42)38-17-8-10-20-43(38)55/h1-5,7-14,16-21,23-29,34-35,49-54H,6,15,22,30H2. The molecule has 0 radical (unpaired) electrons. The summed E-state index contributed by atoms with van der Waals surface area (Å²) in [6.45, 7) is 0. The maximum absolute atomic E-state index is 6.71. The van der Waals surface area contributed by atoms with Gasteiger partial charge in [0.25, 0.3) is 0 Å². The summed E-state index contributed by atoms with van der Waals surface area (Å²) in [6, 6.07) is 41.6. The van der Waals surface area contributed by atoms with E-state index >= 15 is 0 Å². The Morgan fingerprint density at radius 3 is 2.33 bits per heavy atom. The number of rotatable bonds is 5. The number of aromatic nitrogens is 1. The largest absolute Gasteiger partial charge is 0.456 e. The average Bonchev–Trinajstić information content (AvgIpc) is 3.95. The Hall–Kier alpha value is -6.18. The fraction of sp³-hybridized carbons (Fsp3) is 0.176. The first-order chi connectivity index (χ1) is 28.2. The lowest BCUT2D eigenvalue weighted by molar-refractivity contribution is 0.190. The molecule has 3 aliphatic carbocycles. The van der Waals surface area contributed by atoms with E-state index in [4.69, 9.17) is 8.83 Å². The second-order valence-electron chi connectivity index (χ2n) is 16.0. The van der Waals surface area contributed by atoms with Crippen LogP contribution >= 0.6 is 0 Å². The van der Waals surface area contributed by atoms with Crippen LogP contribution in [0.25, 0.3) is 73.1 Å². The molecule has 1 fully saturated rings. The third kappa shape index (κ3) is 5.43. The molecule has 3 N–H and O–H groups in total. The Kier molecular flexibility index (Phi) is 7.65. The quantitative estimate of drug-likeness (QED) is 0.164. The van der Waals surface area contributed by atoms with Crippen molar-refractivity contribution in [2.24, 2.45) is 5.92 Å². The molecule has 12 rings (SSSR count). The molecule has 1 aliphatic heterocycles. The van der Waals surface area contributed by atoms with Crippen LogP contribution in [-0.2, 0) is 6.42 Å². The molecule has 5 unspecified atom stereocenters.